The number of fused-ring (bicyclic) bond motifs is 1. The van der Waals surface area contributed by atoms with Crippen molar-refractivity contribution < 1.29 is 4.79 Å². The maximum absolute atomic E-state index is 12.4. The zero-order valence-electron chi connectivity index (χ0n) is 13.2. The monoisotopic (exact) mass is 350 g/mol. The summed E-state index contributed by atoms with van der Waals surface area (Å²) in [4.78, 5) is 14.6. The minimum atomic E-state index is 0.0240. The normalized spacial score (nSPS) is 17.1. The van der Waals surface area contributed by atoms with Gasteiger partial charge in [0, 0.05) is 22.9 Å². The number of hydrogen-bond acceptors (Lipinski definition) is 5. The third kappa shape index (κ3) is 3.46. The molecule has 0 radical (unpaired) electrons. The van der Waals surface area contributed by atoms with Crippen LogP contribution in [0, 0.1) is 0 Å². The molecule has 23 heavy (non-hydrogen) atoms. The molecule has 1 unspecified atom stereocenters. The number of nitrogens with one attached hydrogen (secondary N) is 3. The first-order valence-electron chi connectivity index (χ1n) is 8.04. The van der Waals surface area contributed by atoms with Crippen LogP contribution in [0.2, 0.25) is 0 Å². The van der Waals surface area contributed by atoms with Gasteiger partial charge in [0.25, 0.3) is 5.91 Å². The van der Waals surface area contributed by atoms with Gasteiger partial charge in [0.1, 0.15) is 0 Å². The van der Waals surface area contributed by atoms with E-state index in [0.29, 0.717) is 6.54 Å². The summed E-state index contributed by atoms with van der Waals surface area (Å²) in [5.41, 5.74) is 2.84. The summed E-state index contributed by atoms with van der Waals surface area (Å²) in [6, 6.07) is 1.95. The van der Waals surface area contributed by atoms with E-state index in [4.69, 9.17) is 0 Å². The minimum Gasteiger partial charge on any atom is -0.351 e. The van der Waals surface area contributed by atoms with Gasteiger partial charge in [0.05, 0.1) is 16.1 Å². The van der Waals surface area contributed by atoms with Crippen molar-refractivity contribution in [1.29, 1.82) is 0 Å². The molecule has 3 rings (SSSR count). The Morgan fingerprint density at radius 2 is 2.35 bits per heavy atom. The van der Waals surface area contributed by atoms with Crippen LogP contribution in [-0.2, 0) is 6.42 Å². The smallest absolute Gasteiger partial charge is 0.252 e. The van der Waals surface area contributed by atoms with Crippen molar-refractivity contribution in [2.24, 2.45) is 0 Å². The molecule has 0 saturated carbocycles. The summed E-state index contributed by atoms with van der Waals surface area (Å²) in [5, 5.41) is 13.5. The van der Waals surface area contributed by atoms with Crippen LogP contribution in [0.4, 0.5) is 0 Å². The van der Waals surface area contributed by atoms with Crippen molar-refractivity contribution in [1.82, 2.24) is 20.8 Å². The fourth-order valence-corrected chi connectivity index (χ4v) is 4.60. The van der Waals surface area contributed by atoms with Gasteiger partial charge in [-0.25, -0.2) is 0 Å². The van der Waals surface area contributed by atoms with Crippen LogP contribution < -0.4 is 10.6 Å². The van der Waals surface area contributed by atoms with Crippen LogP contribution in [0.3, 0.4) is 0 Å². The zero-order chi connectivity index (χ0) is 16.2. The highest BCUT2D eigenvalue weighted by atomic mass is 32.1. The lowest BCUT2D eigenvalue weighted by Crippen LogP contribution is -2.33. The van der Waals surface area contributed by atoms with E-state index in [1.165, 1.54) is 12.8 Å². The summed E-state index contributed by atoms with van der Waals surface area (Å²) in [5.74, 6) is 0.0240. The lowest BCUT2D eigenvalue weighted by Gasteiger charge is -2.21. The van der Waals surface area contributed by atoms with Gasteiger partial charge in [-0.1, -0.05) is 13.3 Å². The summed E-state index contributed by atoms with van der Waals surface area (Å²) in [6.07, 6.45) is 4.97. The quantitative estimate of drug-likeness (QED) is 0.458. The molecule has 7 heteroatoms. The van der Waals surface area contributed by atoms with E-state index in [1.807, 2.05) is 6.07 Å². The van der Waals surface area contributed by atoms with E-state index in [0.717, 1.165) is 46.1 Å². The molecule has 2 aromatic rings. The van der Waals surface area contributed by atoms with E-state index in [1.54, 1.807) is 17.5 Å². The fourth-order valence-electron chi connectivity index (χ4n) is 2.83. The number of unbranched alkanes of at least 4 members (excludes halogenated alkanes) is 1. The molecule has 0 aromatic carbocycles. The lowest BCUT2D eigenvalue weighted by molar-refractivity contribution is 0.0945. The molecule has 0 saturated heterocycles. The number of thiol groups is 1. The molecule has 1 aliphatic heterocycles. The van der Waals surface area contributed by atoms with Gasteiger partial charge in [-0.05, 0) is 37.6 Å². The number of carbonyl (C=O) groups excluding carboxylic acids is 1. The van der Waals surface area contributed by atoms with Crippen LogP contribution in [-0.4, -0.2) is 35.7 Å². The molecule has 3 N–H and O–H groups in total. The predicted octanol–water partition coefficient (Wildman–Crippen LogP) is 2.78. The lowest BCUT2D eigenvalue weighted by atomic mass is 9.98. The molecule has 0 spiro atoms. The van der Waals surface area contributed by atoms with Gasteiger partial charge in [-0.2, -0.15) is 17.7 Å². The number of hydrogen-bond donors (Lipinski definition) is 4. The molecule has 1 aliphatic rings. The summed E-state index contributed by atoms with van der Waals surface area (Å²) in [6.45, 7) is 4.67. The average molecular weight is 351 g/mol. The van der Waals surface area contributed by atoms with E-state index in [9.17, 15) is 4.79 Å². The molecule has 0 bridgehead atoms. The highest BCUT2D eigenvalue weighted by Gasteiger charge is 2.31. The largest absolute Gasteiger partial charge is 0.351 e. The molecule has 2 aromatic heterocycles. The molecular formula is C16H22N4OS2. The number of thiophene rings is 1. The van der Waals surface area contributed by atoms with Gasteiger partial charge in [-0.3, -0.25) is 9.89 Å². The van der Waals surface area contributed by atoms with E-state index in [2.05, 4.69) is 40.4 Å². The van der Waals surface area contributed by atoms with Crippen LogP contribution in [0.1, 0.15) is 45.8 Å². The topological polar surface area (TPSA) is 69.8 Å². The first-order valence-corrected chi connectivity index (χ1v) is 9.38. The third-order valence-electron chi connectivity index (χ3n) is 4.02. The number of aromatic nitrogens is 2. The summed E-state index contributed by atoms with van der Waals surface area (Å²) < 4.78 is 0. The average Bonchev–Trinajstić information content (AvgIpc) is 3.18. The third-order valence-corrected chi connectivity index (χ3v) is 5.75. The standard InChI is InChI=1S/C16H22N4OS2/c1-2-3-6-17-7-5-12-14-13(11(22)9-18-16(14)21)15(23-12)10-4-8-19-20-10/h4,8,11,17,22H,2-3,5-7,9H2,1H3,(H,18,21)(H,19,20). The molecule has 1 atom stereocenters. The van der Waals surface area contributed by atoms with E-state index < -0.39 is 0 Å². The molecule has 0 aliphatic carbocycles. The Bertz CT molecular complexity index is 666. The van der Waals surface area contributed by atoms with Crippen molar-refractivity contribution in [3.05, 3.63) is 28.3 Å². The van der Waals surface area contributed by atoms with Crippen molar-refractivity contribution in [2.75, 3.05) is 19.6 Å². The van der Waals surface area contributed by atoms with Crippen molar-refractivity contribution in [2.45, 2.75) is 31.4 Å². The van der Waals surface area contributed by atoms with Crippen LogP contribution >= 0.6 is 24.0 Å². The summed E-state index contributed by atoms with van der Waals surface area (Å²) >= 11 is 6.36. The van der Waals surface area contributed by atoms with Crippen molar-refractivity contribution >= 4 is 29.9 Å². The second-order valence-corrected chi connectivity index (χ2v) is 7.42. The van der Waals surface area contributed by atoms with Crippen molar-refractivity contribution in [3.8, 4) is 10.6 Å². The number of aromatic amines is 1. The Morgan fingerprint density at radius 1 is 1.48 bits per heavy atom. The van der Waals surface area contributed by atoms with Crippen molar-refractivity contribution in [3.63, 3.8) is 0 Å². The number of H-pyrrole nitrogens is 1. The molecule has 5 nitrogen and oxygen atoms in total. The predicted molar refractivity (Wildman–Crippen MR) is 97.4 cm³/mol. The van der Waals surface area contributed by atoms with Gasteiger partial charge in [0.2, 0.25) is 0 Å². The Hall–Kier alpha value is -1.31. The van der Waals surface area contributed by atoms with Gasteiger partial charge in [-0.15, -0.1) is 11.3 Å². The van der Waals surface area contributed by atoms with Crippen LogP contribution in [0.15, 0.2) is 12.3 Å². The van der Waals surface area contributed by atoms with Gasteiger partial charge in [0.15, 0.2) is 0 Å². The van der Waals surface area contributed by atoms with Crippen LogP contribution in [0.25, 0.3) is 10.6 Å². The maximum atomic E-state index is 12.4. The second-order valence-electron chi connectivity index (χ2n) is 5.69. The molecule has 3 heterocycles. The Labute approximate surface area is 145 Å². The Balaban J connectivity index is 1.87. The van der Waals surface area contributed by atoms with Crippen LogP contribution in [0.5, 0.6) is 0 Å². The SMILES string of the molecule is CCCCNCCc1sc(-c2ccn[nH]2)c2c1C(=O)NCC2S. The maximum Gasteiger partial charge on any atom is 0.252 e. The number of amides is 1. The number of rotatable bonds is 7. The number of carbonyl (C=O) groups is 1. The molecule has 124 valence electrons. The van der Waals surface area contributed by atoms with E-state index in [-0.39, 0.29) is 11.2 Å². The van der Waals surface area contributed by atoms with Gasteiger partial charge >= 0.3 is 0 Å². The first-order chi connectivity index (χ1) is 11.2. The summed E-state index contributed by atoms with van der Waals surface area (Å²) in [7, 11) is 0. The molecule has 1 amide bonds. The first kappa shape index (κ1) is 16.5. The zero-order valence-corrected chi connectivity index (χ0v) is 14.9. The second kappa shape index (κ2) is 7.51. The number of nitrogens with zero attached hydrogens (tertiary/aromatic N) is 1. The van der Waals surface area contributed by atoms with E-state index >= 15 is 0 Å². The molecule has 0 fully saturated rings. The highest BCUT2D eigenvalue weighted by molar-refractivity contribution is 7.80. The highest BCUT2D eigenvalue weighted by Crippen LogP contribution is 2.43. The minimum absolute atomic E-state index is 0.0240. The Morgan fingerprint density at radius 3 is 3.09 bits per heavy atom. The molecular weight excluding hydrogens is 328 g/mol. The Kier molecular flexibility index (Phi) is 5.40. The van der Waals surface area contributed by atoms with Gasteiger partial charge < -0.3 is 10.6 Å². The fraction of sp³-hybridized carbons (Fsp3) is 0.500.